The first kappa shape index (κ1) is 7.55. The predicted molar refractivity (Wildman–Crippen MR) is 44.9 cm³/mol. The highest BCUT2D eigenvalue weighted by atomic mass is 14.8. The molecule has 1 nitrogen and oxygen atoms in total. The van der Waals surface area contributed by atoms with E-state index in [-0.39, 0.29) is 0 Å². The van der Waals surface area contributed by atoms with E-state index >= 15 is 0 Å². The van der Waals surface area contributed by atoms with E-state index in [4.69, 9.17) is 0 Å². The molecule has 0 aromatic heterocycles. The van der Waals surface area contributed by atoms with Gasteiger partial charge in [-0.3, -0.25) is 0 Å². The summed E-state index contributed by atoms with van der Waals surface area (Å²) in [5.74, 6) is 0. The van der Waals surface area contributed by atoms with E-state index in [2.05, 4.69) is 36.5 Å². The Labute approximate surface area is 62.8 Å². The van der Waals surface area contributed by atoms with Crippen LogP contribution in [0, 0.1) is 5.41 Å². The molecule has 1 rings (SSSR count). The first-order valence-corrected chi connectivity index (χ1v) is 3.76. The van der Waals surface area contributed by atoms with Gasteiger partial charge in [0.25, 0.3) is 0 Å². The van der Waals surface area contributed by atoms with Crippen molar-refractivity contribution < 1.29 is 0 Å². The summed E-state index contributed by atoms with van der Waals surface area (Å²) in [6, 6.07) is 0. The van der Waals surface area contributed by atoms with E-state index in [1.54, 1.807) is 0 Å². The topological polar surface area (TPSA) is 12.0 Å². The zero-order valence-corrected chi connectivity index (χ0v) is 6.72. The van der Waals surface area contributed by atoms with Crippen LogP contribution in [0.5, 0.6) is 0 Å². The monoisotopic (exact) mass is 137 g/mol. The molecule has 1 atom stereocenters. The summed E-state index contributed by atoms with van der Waals surface area (Å²) >= 11 is 0. The quantitative estimate of drug-likeness (QED) is 0.611. The lowest BCUT2D eigenvalue weighted by Gasteiger charge is -2.25. The third-order valence-electron chi connectivity index (χ3n) is 1.91. The zero-order valence-electron chi connectivity index (χ0n) is 6.72. The molecule has 0 saturated carbocycles. The maximum atomic E-state index is 3.19. The Bertz CT molecular complexity index is 158. The van der Waals surface area contributed by atoms with Crippen LogP contribution in [0.1, 0.15) is 13.3 Å². The smallest absolute Gasteiger partial charge is 0.00400 e. The number of rotatable bonds is 2. The fraction of sp³-hybridized carbons (Fsp3) is 0.556. The van der Waals surface area contributed by atoms with E-state index in [1.165, 1.54) is 0 Å². The number of hydrogen-bond donors (Lipinski definition) is 1. The molecule has 0 fully saturated rings. The Kier molecular flexibility index (Phi) is 2.28. The normalized spacial score (nSPS) is 31.0. The molecule has 1 aliphatic rings. The largest absolute Gasteiger partial charge is 0.319 e. The molecule has 56 valence electrons. The van der Waals surface area contributed by atoms with E-state index in [0.717, 1.165) is 13.0 Å². The van der Waals surface area contributed by atoms with Gasteiger partial charge in [-0.05, 0) is 13.5 Å². The number of hydrogen-bond acceptors (Lipinski definition) is 1. The van der Waals surface area contributed by atoms with Crippen LogP contribution in [0.4, 0.5) is 0 Å². The molecular formula is C9H15N. The first-order chi connectivity index (χ1) is 4.77. The van der Waals surface area contributed by atoms with Gasteiger partial charge < -0.3 is 5.32 Å². The molecule has 10 heavy (non-hydrogen) atoms. The molecule has 0 saturated heterocycles. The van der Waals surface area contributed by atoms with Gasteiger partial charge >= 0.3 is 0 Å². The van der Waals surface area contributed by atoms with Crippen LogP contribution in [0.25, 0.3) is 0 Å². The van der Waals surface area contributed by atoms with Crippen LogP contribution in [-0.2, 0) is 0 Å². The average molecular weight is 137 g/mol. The summed E-state index contributed by atoms with van der Waals surface area (Å²) in [7, 11) is 2.00. The Balaban J connectivity index is 2.52. The second-order valence-electron chi connectivity index (χ2n) is 3.18. The molecule has 0 aromatic rings. The molecule has 0 bridgehead atoms. The molecule has 0 spiro atoms. The van der Waals surface area contributed by atoms with Crippen molar-refractivity contribution in [2.45, 2.75) is 13.3 Å². The van der Waals surface area contributed by atoms with Crippen molar-refractivity contribution in [2.75, 3.05) is 13.6 Å². The molecule has 1 aliphatic carbocycles. The van der Waals surface area contributed by atoms with Gasteiger partial charge in [0.2, 0.25) is 0 Å². The van der Waals surface area contributed by atoms with Gasteiger partial charge in [0, 0.05) is 12.0 Å². The van der Waals surface area contributed by atoms with Crippen LogP contribution in [0.3, 0.4) is 0 Å². The molecule has 0 amide bonds. The van der Waals surface area contributed by atoms with Crippen molar-refractivity contribution >= 4 is 0 Å². The standard InChI is InChI=1S/C9H15N/c1-9(8-10-2)6-4-3-5-7-9/h3-6,10H,7-8H2,1-2H3. The van der Waals surface area contributed by atoms with E-state index < -0.39 is 0 Å². The van der Waals surface area contributed by atoms with Crippen molar-refractivity contribution in [3.63, 3.8) is 0 Å². The van der Waals surface area contributed by atoms with Gasteiger partial charge in [-0.2, -0.15) is 0 Å². The molecule has 1 N–H and O–H groups in total. The second kappa shape index (κ2) is 3.02. The van der Waals surface area contributed by atoms with Crippen molar-refractivity contribution in [1.29, 1.82) is 0 Å². The summed E-state index contributed by atoms with van der Waals surface area (Å²) in [6.45, 7) is 3.33. The Hall–Kier alpha value is -0.560. The average Bonchev–Trinajstić information content (AvgIpc) is 1.89. The Morgan fingerprint density at radius 3 is 2.80 bits per heavy atom. The SMILES string of the molecule is CNCC1(C)C=CC=CC1. The summed E-state index contributed by atoms with van der Waals surface area (Å²) in [5.41, 5.74) is 0.351. The fourth-order valence-electron chi connectivity index (χ4n) is 1.31. The summed E-state index contributed by atoms with van der Waals surface area (Å²) in [5, 5.41) is 3.19. The lowest BCUT2D eigenvalue weighted by molar-refractivity contribution is 0.410. The minimum Gasteiger partial charge on any atom is -0.319 e. The van der Waals surface area contributed by atoms with E-state index in [1.807, 2.05) is 7.05 Å². The second-order valence-corrected chi connectivity index (χ2v) is 3.18. The molecule has 1 heteroatoms. The lowest BCUT2D eigenvalue weighted by atomic mass is 9.84. The summed E-state index contributed by atoms with van der Waals surface area (Å²) in [6.07, 6.45) is 9.88. The summed E-state index contributed by atoms with van der Waals surface area (Å²) < 4.78 is 0. The molecule has 0 heterocycles. The van der Waals surface area contributed by atoms with E-state index in [0.29, 0.717) is 5.41 Å². The molecule has 1 unspecified atom stereocenters. The van der Waals surface area contributed by atoms with Crippen molar-refractivity contribution in [3.8, 4) is 0 Å². The van der Waals surface area contributed by atoms with Crippen LogP contribution < -0.4 is 5.32 Å². The fourth-order valence-corrected chi connectivity index (χ4v) is 1.31. The molecular weight excluding hydrogens is 122 g/mol. The third-order valence-corrected chi connectivity index (χ3v) is 1.91. The molecule has 0 radical (unpaired) electrons. The Morgan fingerprint density at radius 2 is 2.30 bits per heavy atom. The maximum absolute atomic E-state index is 3.19. The van der Waals surface area contributed by atoms with Gasteiger partial charge in [-0.1, -0.05) is 31.2 Å². The number of allylic oxidation sites excluding steroid dienone is 3. The zero-order chi connectivity index (χ0) is 7.45. The minimum atomic E-state index is 0.351. The lowest BCUT2D eigenvalue weighted by Crippen LogP contribution is -2.27. The number of nitrogens with one attached hydrogen (secondary N) is 1. The van der Waals surface area contributed by atoms with Gasteiger partial charge in [-0.25, -0.2) is 0 Å². The van der Waals surface area contributed by atoms with Crippen molar-refractivity contribution in [1.82, 2.24) is 5.32 Å². The highest BCUT2D eigenvalue weighted by Crippen LogP contribution is 2.25. The van der Waals surface area contributed by atoms with Gasteiger partial charge in [0.05, 0.1) is 0 Å². The maximum Gasteiger partial charge on any atom is 0.00400 e. The highest BCUT2D eigenvalue weighted by Gasteiger charge is 2.18. The summed E-state index contributed by atoms with van der Waals surface area (Å²) in [4.78, 5) is 0. The Morgan fingerprint density at radius 1 is 1.50 bits per heavy atom. The first-order valence-electron chi connectivity index (χ1n) is 3.76. The van der Waals surface area contributed by atoms with Gasteiger partial charge in [0.15, 0.2) is 0 Å². The van der Waals surface area contributed by atoms with Gasteiger partial charge in [0.1, 0.15) is 0 Å². The van der Waals surface area contributed by atoms with Crippen molar-refractivity contribution in [3.05, 3.63) is 24.3 Å². The minimum absolute atomic E-state index is 0.351. The highest BCUT2D eigenvalue weighted by molar-refractivity contribution is 5.15. The third kappa shape index (κ3) is 1.71. The van der Waals surface area contributed by atoms with E-state index in [9.17, 15) is 0 Å². The predicted octanol–water partition coefficient (Wildman–Crippen LogP) is 1.73. The van der Waals surface area contributed by atoms with Crippen LogP contribution in [0.2, 0.25) is 0 Å². The molecule has 0 aliphatic heterocycles. The van der Waals surface area contributed by atoms with Crippen LogP contribution >= 0.6 is 0 Å². The van der Waals surface area contributed by atoms with Crippen molar-refractivity contribution in [2.24, 2.45) is 5.41 Å². The molecule has 0 aromatic carbocycles. The van der Waals surface area contributed by atoms with Crippen LogP contribution in [0.15, 0.2) is 24.3 Å². The van der Waals surface area contributed by atoms with Crippen LogP contribution in [-0.4, -0.2) is 13.6 Å². The van der Waals surface area contributed by atoms with Gasteiger partial charge in [-0.15, -0.1) is 0 Å².